The van der Waals surface area contributed by atoms with Crippen LogP contribution in [0.2, 0.25) is 0 Å². The van der Waals surface area contributed by atoms with Crippen molar-refractivity contribution in [2.75, 3.05) is 0 Å². The molecule has 0 saturated carbocycles. The number of ether oxygens (including phenoxy) is 1. The topological polar surface area (TPSA) is 93.4 Å². The quantitative estimate of drug-likeness (QED) is 0.443. The first-order chi connectivity index (χ1) is 9.71. The zero-order chi connectivity index (χ0) is 16.0. The first-order valence-electron chi connectivity index (χ1n) is 6.45. The van der Waals surface area contributed by atoms with Crippen LogP contribution in [-0.2, 0) is 16.0 Å². The SMILES string of the molecule is CC(C)(C)OC(=O)N[C@H](Cc1ccc(F)cc1)C(=O)NN. The molecule has 2 amide bonds. The van der Waals surface area contributed by atoms with Gasteiger partial charge in [0, 0.05) is 6.42 Å². The first kappa shape index (κ1) is 16.9. The van der Waals surface area contributed by atoms with Crippen molar-refractivity contribution < 1.29 is 18.7 Å². The largest absolute Gasteiger partial charge is 0.444 e. The summed E-state index contributed by atoms with van der Waals surface area (Å²) < 4.78 is 17.9. The van der Waals surface area contributed by atoms with Gasteiger partial charge in [0.1, 0.15) is 17.5 Å². The van der Waals surface area contributed by atoms with Gasteiger partial charge in [-0.25, -0.2) is 15.0 Å². The van der Waals surface area contributed by atoms with E-state index in [1.165, 1.54) is 24.3 Å². The second kappa shape index (κ2) is 7.03. The summed E-state index contributed by atoms with van der Waals surface area (Å²) in [5.41, 5.74) is 1.99. The highest BCUT2D eigenvalue weighted by Crippen LogP contribution is 2.09. The predicted molar refractivity (Wildman–Crippen MR) is 75.6 cm³/mol. The fourth-order valence-corrected chi connectivity index (χ4v) is 1.62. The summed E-state index contributed by atoms with van der Waals surface area (Å²) >= 11 is 0. The van der Waals surface area contributed by atoms with Crippen molar-refractivity contribution in [3.05, 3.63) is 35.6 Å². The van der Waals surface area contributed by atoms with Crippen molar-refractivity contribution in [1.82, 2.24) is 10.7 Å². The second-order valence-electron chi connectivity index (χ2n) is 5.54. The number of halogens is 1. The number of rotatable bonds is 4. The Kier molecular flexibility index (Phi) is 5.66. The van der Waals surface area contributed by atoms with Crippen molar-refractivity contribution >= 4 is 12.0 Å². The fourth-order valence-electron chi connectivity index (χ4n) is 1.62. The fraction of sp³-hybridized carbons (Fsp3) is 0.429. The van der Waals surface area contributed by atoms with Gasteiger partial charge in [-0.2, -0.15) is 0 Å². The normalized spacial score (nSPS) is 12.4. The molecule has 0 radical (unpaired) electrons. The molecule has 0 aliphatic carbocycles. The smallest absolute Gasteiger partial charge is 0.408 e. The minimum absolute atomic E-state index is 0.169. The number of benzene rings is 1. The molecule has 0 saturated heterocycles. The summed E-state index contributed by atoms with van der Waals surface area (Å²) in [6, 6.07) is 4.71. The van der Waals surface area contributed by atoms with Gasteiger partial charge in [-0.05, 0) is 38.5 Å². The maximum Gasteiger partial charge on any atom is 0.408 e. The van der Waals surface area contributed by atoms with Crippen molar-refractivity contribution in [1.29, 1.82) is 0 Å². The van der Waals surface area contributed by atoms with E-state index in [0.717, 1.165) is 0 Å². The van der Waals surface area contributed by atoms with Gasteiger partial charge in [-0.1, -0.05) is 12.1 Å². The van der Waals surface area contributed by atoms with Crippen LogP contribution in [0.5, 0.6) is 0 Å². The highest BCUT2D eigenvalue weighted by Gasteiger charge is 2.24. The van der Waals surface area contributed by atoms with Crippen LogP contribution in [0.1, 0.15) is 26.3 Å². The minimum atomic E-state index is -0.907. The third kappa shape index (κ3) is 6.22. The summed E-state index contributed by atoms with van der Waals surface area (Å²) in [5, 5.41) is 2.44. The van der Waals surface area contributed by atoms with Gasteiger partial charge >= 0.3 is 6.09 Å². The van der Waals surface area contributed by atoms with Gasteiger partial charge in [0.2, 0.25) is 0 Å². The molecule has 0 fully saturated rings. The predicted octanol–water partition coefficient (Wildman–Crippen LogP) is 1.25. The Labute approximate surface area is 122 Å². The van der Waals surface area contributed by atoms with E-state index < -0.39 is 23.6 Å². The molecule has 0 heterocycles. The van der Waals surface area contributed by atoms with Crippen molar-refractivity contribution in [3.8, 4) is 0 Å². The lowest BCUT2D eigenvalue weighted by Gasteiger charge is -2.23. The van der Waals surface area contributed by atoms with Crippen molar-refractivity contribution in [3.63, 3.8) is 0 Å². The van der Waals surface area contributed by atoms with Gasteiger partial charge in [0.25, 0.3) is 5.91 Å². The van der Waals surface area contributed by atoms with E-state index in [2.05, 4.69) is 5.32 Å². The molecule has 6 nitrogen and oxygen atoms in total. The zero-order valence-corrected chi connectivity index (χ0v) is 12.3. The van der Waals surface area contributed by atoms with Crippen molar-refractivity contribution in [2.24, 2.45) is 5.84 Å². The van der Waals surface area contributed by atoms with Gasteiger partial charge in [0.05, 0.1) is 0 Å². The van der Waals surface area contributed by atoms with Gasteiger partial charge in [-0.15, -0.1) is 0 Å². The zero-order valence-electron chi connectivity index (χ0n) is 12.3. The summed E-state index contributed by atoms with van der Waals surface area (Å²) in [6.45, 7) is 5.14. The Balaban J connectivity index is 2.74. The van der Waals surface area contributed by atoms with Crippen LogP contribution in [0.4, 0.5) is 9.18 Å². The lowest BCUT2D eigenvalue weighted by Crippen LogP contribution is -2.51. The third-order valence-corrected chi connectivity index (χ3v) is 2.50. The van der Waals surface area contributed by atoms with E-state index in [0.29, 0.717) is 5.56 Å². The molecule has 0 aliphatic heterocycles. The van der Waals surface area contributed by atoms with Crippen LogP contribution < -0.4 is 16.6 Å². The molecular formula is C14H20FN3O3. The highest BCUT2D eigenvalue weighted by molar-refractivity contribution is 5.85. The molecule has 0 bridgehead atoms. The number of amides is 2. The van der Waals surface area contributed by atoms with Gasteiger partial charge < -0.3 is 10.1 Å². The molecule has 4 N–H and O–H groups in total. The molecule has 116 valence electrons. The van der Waals surface area contributed by atoms with E-state index in [-0.39, 0.29) is 12.2 Å². The molecule has 1 aromatic carbocycles. The number of hydrazine groups is 1. The maximum atomic E-state index is 12.9. The number of nitrogens with two attached hydrogens (primary N) is 1. The van der Waals surface area contributed by atoms with Crippen LogP contribution in [-0.4, -0.2) is 23.6 Å². The van der Waals surface area contributed by atoms with E-state index in [9.17, 15) is 14.0 Å². The summed E-state index contributed by atoms with van der Waals surface area (Å²) in [7, 11) is 0. The number of hydrogen-bond acceptors (Lipinski definition) is 4. The summed E-state index contributed by atoms with van der Waals surface area (Å²) in [6.07, 6.45) is -0.555. The molecule has 21 heavy (non-hydrogen) atoms. The Morgan fingerprint density at radius 3 is 2.33 bits per heavy atom. The first-order valence-corrected chi connectivity index (χ1v) is 6.45. The Morgan fingerprint density at radius 2 is 1.86 bits per heavy atom. The molecular weight excluding hydrogens is 277 g/mol. The van der Waals surface area contributed by atoms with Crippen LogP contribution in [0, 0.1) is 5.82 Å². The lowest BCUT2D eigenvalue weighted by molar-refractivity contribution is -0.123. The van der Waals surface area contributed by atoms with Crippen LogP contribution in [0.15, 0.2) is 24.3 Å². The van der Waals surface area contributed by atoms with Gasteiger partial charge in [0.15, 0.2) is 0 Å². The molecule has 0 spiro atoms. The van der Waals surface area contributed by atoms with Crippen LogP contribution >= 0.6 is 0 Å². The number of alkyl carbamates (subject to hydrolysis) is 1. The second-order valence-corrected chi connectivity index (χ2v) is 5.54. The standard InChI is InChI=1S/C14H20FN3O3/c1-14(2,3)21-13(20)17-11(12(19)18-16)8-9-4-6-10(15)7-5-9/h4-7,11H,8,16H2,1-3H3,(H,17,20)(H,18,19)/t11-/m1/s1. The molecule has 1 atom stereocenters. The Hall–Kier alpha value is -2.15. The number of hydrogen-bond donors (Lipinski definition) is 3. The average molecular weight is 297 g/mol. The third-order valence-electron chi connectivity index (χ3n) is 2.50. The molecule has 0 aromatic heterocycles. The summed E-state index contributed by atoms with van der Waals surface area (Å²) in [4.78, 5) is 23.4. The molecule has 7 heteroatoms. The molecule has 0 aliphatic rings. The average Bonchev–Trinajstić information content (AvgIpc) is 2.37. The minimum Gasteiger partial charge on any atom is -0.444 e. The Bertz CT molecular complexity index is 497. The van der Waals surface area contributed by atoms with Gasteiger partial charge in [-0.3, -0.25) is 10.2 Å². The van der Waals surface area contributed by atoms with Crippen molar-refractivity contribution in [2.45, 2.75) is 38.8 Å². The molecule has 1 rings (SSSR count). The summed E-state index contributed by atoms with van der Waals surface area (Å²) in [5.74, 6) is 4.16. The molecule has 1 aromatic rings. The van der Waals surface area contributed by atoms with E-state index in [4.69, 9.17) is 10.6 Å². The molecule has 0 unspecified atom stereocenters. The number of carbonyl (C=O) groups excluding carboxylic acids is 2. The maximum absolute atomic E-state index is 12.9. The number of nitrogens with one attached hydrogen (secondary N) is 2. The Morgan fingerprint density at radius 1 is 1.29 bits per heavy atom. The number of carbonyl (C=O) groups is 2. The highest BCUT2D eigenvalue weighted by atomic mass is 19.1. The van der Waals surface area contributed by atoms with E-state index in [1.54, 1.807) is 20.8 Å². The monoisotopic (exact) mass is 297 g/mol. The van der Waals surface area contributed by atoms with E-state index >= 15 is 0 Å². The van der Waals surface area contributed by atoms with E-state index in [1.807, 2.05) is 5.43 Å². The van der Waals surface area contributed by atoms with Crippen LogP contribution in [0.3, 0.4) is 0 Å². The van der Waals surface area contributed by atoms with Crippen LogP contribution in [0.25, 0.3) is 0 Å². The lowest BCUT2D eigenvalue weighted by atomic mass is 10.1.